The van der Waals surface area contributed by atoms with E-state index in [0.29, 0.717) is 24.5 Å². The number of benzene rings is 1. The van der Waals surface area contributed by atoms with Crippen LogP contribution in [0.15, 0.2) is 12.1 Å². The standard InChI is InChI=1S/C17H25NO3/c1-5-6-18-14-10-21-9-13(14)17(19)16-12(3)7-11(2)8-15(16)20-4/h7-8,13-14,18H,5-6,9-10H2,1-4H3. The highest BCUT2D eigenvalue weighted by Crippen LogP contribution is 2.29. The van der Waals surface area contributed by atoms with Crippen LogP contribution in [0.3, 0.4) is 0 Å². The van der Waals surface area contributed by atoms with Crippen molar-refractivity contribution in [3.63, 3.8) is 0 Å². The molecule has 1 aliphatic heterocycles. The first-order chi connectivity index (χ1) is 10.1. The summed E-state index contributed by atoms with van der Waals surface area (Å²) in [5, 5.41) is 3.41. The number of aryl methyl sites for hydroxylation is 2. The Kier molecular flexibility index (Phi) is 5.37. The van der Waals surface area contributed by atoms with Crippen molar-refractivity contribution >= 4 is 5.78 Å². The Balaban J connectivity index is 2.27. The summed E-state index contributed by atoms with van der Waals surface area (Å²) in [7, 11) is 1.61. The maximum atomic E-state index is 12.9. The van der Waals surface area contributed by atoms with E-state index in [2.05, 4.69) is 12.2 Å². The van der Waals surface area contributed by atoms with Gasteiger partial charge in [-0.25, -0.2) is 0 Å². The van der Waals surface area contributed by atoms with Gasteiger partial charge in [-0.1, -0.05) is 13.0 Å². The molecule has 1 aromatic rings. The van der Waals surface area contributed by atoms with Gasteiger partial charge in [-0.05, 0) is 44.0 Å². The van der Waals surface area contributed by atoms with Crippen molar-refractivity contribution in [2.75, 3.05) is 26.9 Å². The summed E-state index contributed by atoms with van der Waals surface area (Å²) < 4.78 is 10.9. The monoisotopic (exact) mass is 291 g/mol. The van der Waals surface area contributed by atoms with Crippen LogP contribution in [0.4, 0.5) is 0 Å². The molecule has 0 aliphatic carbocycles. The van der Waals surface area contributed by atoms with Gasteiger partial charge in [0, 0.05) is 6.04 Å². The third-order valence-electron chi connectivity index (χ3n) is 3.98. The number of carbonyl (C=O) groups is 1. The molecule has 2 unspecified atom stereocenters. The van der Waals surface area contributed by atoms with E-state index in [1.54, 1.807) is 7.11 Å². The molecule has 2 rings (SSSR count). The predicted molar refractivity (Wildman–Crippen MR) is 83.2 cm³/mol. The fourth-order valence-electron chi connectivity index (χ4n) is 2.93. The lowest BCUT2D eigenvalue weighted by atomic mass is 9.89. The first kappa shape index (κ1) is 16.0. The quantitative estimate of drug-likeness (QED) is 0.818. The van der Waals surface area contributed by atoms with Crippen molar-refractivity contribution in [3.8, 4) is 5.75 Å². The Bertz CT molecular complexity index is 513. The molecule has 4 nitrogen and oxygen atoms in total. The SMILES string of the molecule is CCCNC1COCC1C(=O)c1c(C)cc(C)cc1OC. The third kappa shape index (κ3) is 3.44. The normalized spacial score (nSPS) is 21.5. The van der Waals surface area contributed by atoms with Gasteiger partial charge in [0.2, 0.25) is 0 Å². The second-order valence-electron chi connectivity index (χ2n) is 5.73. The minimum Gasteiger partial charge on any atom is -0.496 e. The van der Waals surface area contributed by atoms with E-state index in [-0.39, 0.29) is 17.7 Å². The highest BCUT2D eigenvalue weighted by atomic mass is 16.5. The number of methoxy groups -OCH3 is 1. The number of hydrogen-bond donors (Lipinski definition) is 1. The van der Waals surface area contributed by atoms with Crippen LogP contribution in [-0.2, 0) is 4.74 Å². The minimum absolute atomic E-state index is 0.0999. The summed E-state index contributed by atoms with van der Waals surface area (Å²) in [6, 6.07) is 4.05. The Labute approximate surface area is 126 Å². The maximum Gasteiger partial charge on any atom is 0.173 e. The molecule has 1 N–H and O–H groups in total. The zero-order chi connectivity index (χ0) is 15.4. The molecule has 116 valence electrons. The van der Waals surface area contributed by atoms with Crippen molar-refractivity contribution in [2.24, 2.45) is 5.92 Å². The number of ketones is 1. The van der Waals surface area contributed by atoms with E-state index in [1.807, 2.05) is 26.0 Å². The molecule has 1 fully saturated rings. The van der Waals surface area contributed by atoms with Gasteiger partial charge < -0.3 is 14.8 Å². The van der Waals surface area contributed by atoms with Crippen LogP contribution in [0.2, 0.25) is 0 Å². The second-order valence-corrected chi connectivity index (χ2v) is 5.73. The molecular formula is C17H25NO3. The lowest BCUT2D eigenvalue weighted by molar-refractivity contribution is 0.0887. The number of ether oxygens (including phenoxy) is 2. The van der Waals surface area contributed by atoms with Gasteiger partial charge >= 0.3 is 0 Å². The van der Waals surface area contributed by atoms with E-state index in [9.17, 15) is 4.79 Å². The highest BCUT2D eigenvalue weighted by molar-refractivity contribution is 6.02. The first-order valence-electron chi connectivity index (χ1n) is 7.59. The summed E-state index contributed by atoms with van der Waals surface area (Å²) in [6.07, 6.45) is 1.05. The van der Waals surface area contributed by atoms with Crippen LogP contribution in [-0.4, -0.2) is 38.7 Å². The van der Waals surface area contributed by atoms with Gasteiger partial charge in [0.1, 0.15) is 5.75 Å². The molecule has 0 saturated carbocycles. The molecular weight excluding hydrogens is 266 g/mol. The highest BCUT2D eigenvalue weighted by Gasteiger charge is 2.35. The zero-order valence-corrected chi connectivity index (χ0v) is 13.4. The van der Waals surface area contributed by atoms with Gasteiger partial charge in [-0.2, -0.15) is 0 Å². The molecule has 1 aliphatic rings. The smallest absolute Gasteiger partial charge is 0.173 e. The zero-order valence-electron chi connectivity index (χ0n) is 13.4. The van der Waals surface area contributed by atoms with Crippen LogP contribution in [0.1, 0.15) is 34.8 Å². The van der Waals surface area contributed by atoms with Gasteiger partial charge in [0.05, 0.1) is 31.8 Å². The van der Waals surface area contributed by atoms with Gasteiger partial charge in [-0.15, -0.1) is 0 Å². The second kappa shape index (κ2) is 7.05. The Morgan fingerprint density at radius 2 is 2.14 bits per heavy atom. The average molecular weight is 291 g/mol. The lowest BCUT2D eigenvalue weighted by Gasteiger charge is -2.20. The van der Waals surface area contributed by atoms with E-state index >= 15 is 0 Å². The van der Waals surface area contributed by atoms with Crippen molar-refractivity contribution in [1.82, 2.24) is 5.32 Å². The molecule has 1 saturated heterocycles. The van der Waals surface area contributed by atoms with Gasteiger partial charge in [0.25, 0.3) is 0 Å². The van der Waals surface area contributed by atoms with Crippen LogP contribution < -0.4 is 10.1 Å². The fourth-order valence-corrected chi connectivity index (χ4v) is 2.93. The van der Waals surface area contributed by atoms with Crippen molar-refractivity contribution in [3.05, 3.63) is 28.8 Å². The number of Topliss-reactive ketones (excluding diaryl/α,β-unsaturated/α-hetero) is 1. The van der Waals surface area contributed by atoms with Gasteiger partial charge in [-0.3, -0.25) is 4.79 Å². The Hall–Kier alpha value is -1.39. The summed E-state index contributed by atoms with van der Waals surface area (Å²) in [4.78, 5) is 12.9. The van der Waals surface area contributed by atoms with E-state index < -0.39 is 0 Å². The van der Waals surface area contributed by atoms with E-state index in [1.165, 1.54) is 0 Å². The number of carbonyl (C=O) groups excluding carboxylic acids is 1. The van der Waals surface area contributed by atoms with Crippen LogP contribution in [0.25, 0.3) is 0 Å². The van der Waals surface area contributed by atoms with Crippen molar-refractivity contribution in [2.45, 2.75) is 33.2 Å². The summed E-state index contributed by atoms with van der Waals surface area (Å²) in [5.74, 6) is 0.654. The molecule has 1 aromatic carbocycles. The predicted octanol–water partition coefficient (Wildman–Crippen LogP) is 2.51. The molecule has 2 atom stereocenters. The molecule has 0 aromatic heterocycles. The largest absolute Gasteiger partial charge is 0.496 e. The van der Waals surface area contributed by atoms with Crippen LogP contribution >= 0.6 is 0 Å². The van der Waals surface area contributed by atoms with Crippen molar-refractivity contribution < 1.29 is 14.3 Å². The van der Waals surface area contributed by atoms with Gasteiger partial charge in [0.15, 0.2) is 5.78 Å². The molecule has 0 amide bonds. The molecule has 0 bridgehead atoms. The lowest BCUT2D eigenvalue weighted by Crippen LogP contribution is -2.40. The average Bonchev–Trinajstić information content (AvgIpc) is 2.91. The summed E-state index contributed by atoms with van der Waals surface area (Å²) in [5.41, 5.74) is 2.77. The fraction of sp³-hybridized carbons (Fsp3) is 0.588. The molecule has 4 heteroatoms. The number of hydrogen-bond acceptors (Lipinski definition) is 4. The topological polar surface area (TPSA) is 47.6 Å². The minimum atomic E-state index is -0.133. The van der Waals surface area contributed by atoms with Crippen LogP contribution in [0, 0.1) is 19.8 Å². The summed E-state index contributed by atoms with van der Waals surface area (Å²) in [6.45, 7) is 8.08. The van der Waals surface area contributed by atoms with Crippen LogP contribution in [0.5, 0.6) is 5.75 Å². The third-order valence-corrected chi connectivity index (χ3v) is 3.98. The van der Waals surface area contributed by atoms with E-state index in [4.69, 9.17) is 9.47 Å². The maximum absolute atomic E-state index is 12.9. The van der Waals surface area contributed by atoms with Crippen molar-refractivity contribution in [1.29, 1.82) is 0 Å². The number of nitrogens with one attached hydrogen (secondary N) is 1. The summed E-state index contributed by atoms with van der Waals surface area (Å²) >= 11 is 0. The molecule has 21 heavy (non-hydrogen) atoms. The number of rotatable bonds is 6. The first-order valence-corrected chi connectivity index (χ1v) is 7.59. The Morgan fingerprint density at radius 1 is 1.38 bits per heavy atom. The Morgan fingerprint density at radius 3 is 2.81 bits per heavy atom. The molecule has 0 spiro atoms. The van der Waals surface area contributed by atoms with E-state index in [0.717, 1.165) is 24.1 Å². The molecule has 0 radical (unpaired) electrons. The molecule has 1 heterocycles.